The van der Waals surface area contributed by atoms with Crippen LogP contribution in [-0.4, -0.2) is 24.1 Å². The van der Waals surface area contributed by atoms with E-state index in [-0.39, 0.29) is 0 Å². The first-order chi connectivity index (χ1) is 22.8. The van der Waals surface area contributed by atoms with Crippen LogP contribution in [0.1, 0.15) is 0 Å². The summed E-state index contributed by atoms with van der Waals surface area (Å²) < 4.78 is 13.1. The molecule has 10 rings (SSSR count). The molecule has 5 aromatic carbocycles. The Morgan fingerprint density at radius 2 is 1.46 bits per heavy atom. The number of para-hydroxylation sites is 2. The van der Waals surface area contributed by atoms with Crippen molar-refractivity contribution in [3.8, 4) is 28.4 Å². The molecule has 0 saturated heterocycles. The van der Waals surface area contributed by atoms with Crippen molar-refractivity contribution in [3.63, 3.8) is 0 Å². The van der Waals surface area contributed by atoms with Crippen LogP contribution in [0.15, 0.2) is 140 Å². The fourth-order valence-corrected chi connectivity index (χ4v) is 7.63. The number of fused-ring (bicyclic) bond motifs is 11. The second-order valence-corrected chi connectivity index (χ2v) is 12.5. The molecule has 0 aliphatic heterocycles. The lowest BCUT2D eigenvalue weighted by Gasteiger charge is -2.11. The summed E-state index contributed by atoms with van der Waals surface area (Å²) in [6, 6.07) is 43.7. The van der Waals surface area contributed by atoms with Crippen LogP contribution in [0.5, 0.6) is 11.5 Å². The number of hydrogen-bond donors (Lipinski definition) is 0. The third kappa shape index (κ3) is 3.85. The molecular weight excluding hydrogens is 587 g/mol. The minimum atomic E-state index is 0.729. The predicted octanol–water partition coefficient (Wildman–Crippen LogP) is 10.2. The quantitative estimate of drug-likeness (QED) is 0.186. The molecule has 46 heavy (non-hydrogen) atoms. The van der Waals surface area contributed by atoms with Gasteiger partial charge in [0.15, 0.2) is 0 Å². The Kier molecular flexibility index (Phi) is 5.35. The highest BCUT2D eigenvalue weighted by Gasteiger charge is 2.15. The average molecular weight is 610 g/mol. The summed E-state index contributed by atoms with van der Waals surface area (Å²) in [5.74, 6) is 1.46. The van der Waals surface area contributed by atoms with Crippen molar-refractivity contribution in [2.45, 2.75) is 0 Å². The second-order valence-electron chi connectivity index (χ2n) is 11.4. The molecule has 0 atom stereocenters. The van der Waals surface area contributed by atoms with Gasteiger partial charge in [-0.15, -0.1) is 11.3 Å². The number of hydrogen-bond acceptors (Lipinski definition) is 5. The van der Waals surface area contributed by atoms with E-state index in [0.29, 0.717) is 0 Å². The van der Waals surface area contributed by atoms with Crippen LogP contribution in [0.4, 0.5) is 0 Å². The minimum Gasteiger partial charge on any atom is -0.457 e. The Hall–Kier alpha value is -6.05. The number of thiophene rings is 1. The molecule has 0 saturated carbocycles. The highest BCUT2D eigenvalue weighted by atomic mass is 32.1. The van der Waals surface area contributed by atoms with Crippen molar-refractivity contribution in [2.24, 2.45) is 0 Å². The Morgan fingerprint density at radius 1 is 0.587 bits per heavy atom. The number of imidazole rings is 1. The fraction of sp³-hybridized carbons (Fsp3) is 0. The molecule has 7 heteroatoms. The van der Waals surface area contributed by atoms with E-state index < -0.39 is 0 Å². The molecule has 6 nitrogen and oxygen atoms in total. The normalized spacial score (nSPS) is 11.9. The Bertz CT molecular complexity index is 2810. The summed E-state index contributed by atoms with van der Waals surface area (Å²) >= 11 is 1.82. The van der Waals surface area contributed by atoms with Gasteiger partial charge in [-0.3, -0.25) is 4.40 Å². The minimum absolute atomic E-state index is 0.729. The van der Waals surface area contributed by atoms with Crippen molar-refractivity contribution in [3.05, 3.63) is 140 Å². The van der Waals surface area contributed by atoms with Crippen molar-refractivity contribution in [2.75, 3.05) is 0 Å². The summed E-state index contributed by atoms with van der Waals surface area (Å²) in [6.45, 7) is 0. The van der Waals surface area contributed by atoms with E-state index in [0.717, 1.165) is 66.9 Å². The zero-order valence-electron chi connectivity index (χ0n) is 24.3. The first-order valence-corrected chi connectivity index (χ1v) is 15.9. The van der Waals surface area contributed by atoms with Gasteiger partial charge in [0, 0.05) is 55.0 Å². The number of rotatable bonds is 4. The van der Waals surface area contributed by atoms with Crippen LogP contribution in [0.2, 0.25) is 0 Å². The van der Waals surface area contributed by atoms with Crippen LogP contribution in [0, 0.1) is 0 Å². The molecule has 10 aromatic rings. The standard InChI is InChI=1S/C39H23N5OS/c1-4-13-36-29(9-1)31-21-24(14-17-37(31)46-36)33-18-20-43(42-33)25-7-5-8-26(22-25)45-27-15-16-28-30-10-6-19-40-38(30)44-35-12-3-2-11-34(35)41-39(44)32(28)23-27/h1-23H. The highest BCUT2D eigenvalue weighted by Crippen LogP contribution is 2.37. The second kappa shape index (κ2) is 9.72. The van der Waals surface area contributed by atoms with Gasteiger partial charge in [0.05, 0.1) is 22.4 Å². The predicted molar refractivity (Wildman–Crippen MR) is 187 cm³/mol. The summed E-state index contributed by atoms with van der Waals surface area (Å²) in [5, 5.41) is 10.7. The van der Waals surface area contributed by atoms with Gasteiger partial charge < -0.3 is 4.74 Å². The van der Waals surface area contributed by atoms with Crippen LogP contribution in [0.3, 0.4) is 0 Å². The van der Waals surface area contributed by atoms with Crippen molar-refractivity contribution < 1.29 is 4.74 Å². The Morgan fingerprint density at radius 3 is 2.46 bits per heavy atom. The van der Waals surface area contributed by atoms with Gasteiger partial charge >= 0.3 is 0 Å². The summed E-state index contributed by atoms with van der Waals surface area (Å²) in [5.41, 5.74) is 6.66. The molecule has 216 valence electrons. The number of benzene rings is 5. The topological polar surface area (TPSA) is 57.2 Å². The lowest BCUT2D eigenvalue weighted by Crippen LogP contribution is -1.96. The first-order valence-electron chi connectivity index (χ1n) is 15.1. The zero-order valence-corrected chi connectivity index (χ0v) is 25.1. The van der Waals surface area contributed by atoms with Gasteiger partial charge in [0.2, 0.25) is 0 Å². The van der Waals surface area contributed by atoms with E-state index in [4.69, 9.17) is 19.8 Å². The SMILES string of the molecule is c1cc(Oc2ccc3c4cccnc4n4c5ccccc5nc4c3c2)cc(-n2ccc(-c3ccc4sc5ccccc5c4c3)n2)c1. The molecule has 5 aromatic heterocycles. The molecule has 0 unspecified atom stereocenters. The molecule has 0 N–H and O–H groups in total. The number of pyridine rings is 2. The Labute approximate surface area is 266 Å². The monoisotopic (exact) mass is 609 g/mol. The number of aromatic nitrogens is 5. The molecule has 0 amide bonds. The van der Waals surface area contributed by atoms with Crippen molar-refractivity contribution in [1.82, 2.24) is 24.1 Å². The van der Waals surface area contributed by atoms with E-state index in [1.165, 1.54) is 20.2 Å². The number of nitrogens with zero attached hydrogens (tertiary/aromatic N) is 5. The molecule has 0 radical (unpaired) electrons. The molecular formula is C39H23N5OS. The van der Waals surface area contributed by atoms with E-state index in [9.17, 15) is 0 Å². The first kappa shape index (κ1) is 25.3. The van der Waals surface area contributed by atoms with Gasteiger partial charge in [0.25, 0.3) is 0 Å². The van der Waals surface area contributed by atoms with Crippen LogP contribution in [-0.2, 0) is 0 Å². The smallest absolute Gasteiger partial charge is 0.147 e. The number of ether oxygens (including phenoxy) is 1. The third-order valence-electron chi connectivity index (χ3n) is 8.66. The van der Waals surface area contributed by atoms with Crippen molar-refractivity contribution in [1.29, 1.82) is 0 Å². The lowest BCUT2D eigenvalue weighted by molar-refractivity contribution is 0.483. The molecule has 0 aliphatic rings. The fourth-order valence-electron chi connectivity index (χ4n) is 6.55. The maximum absolute atomic E-state index is 6.46. The molecule has 0 bridgehead atoms. The van der Waals surface area contributed by atoms with Gasteiger partial charge in [-0.1, -0.05) is 42.5 Å². The Balaban J connectivity index is 1.02. The van der Waals surface area contributed by atoms with Gasteiger partial charge in [-0.25, -0.2) is 14.6 Å². The van der Waals surface area contributed by atoms with Crippen LogP contribution in [0.25, 0.3) is 75.6 Å². The maximum atomic E-state index is 6.46. The summed E-state index contributed by atoms with van der Waals surface area (Å²) in [6.07, 6.45) is 3.83. The summed E-state index contributed by atoms with van der Waals surface area (Å²) in [7, 11) is 0. The molecule has 0 fully saturated rings. The highest BCUT2D eigenvalue weighted by molar-refractivity contribution is 7.25. The van der Waals surface area contributed by atoms with Gasteiger partial charge in [-0.2, -0.15) is 5.10 Å². The lowest BCUT2D eigenvalue weighted by atomic mass is 10.1. The molecule has 0 aliphatic carbocycles. The molecule has 5 heterocycles. The van der Waals surface area contributed by atoms with E-state index in [1.807, 2.05) is 83.0 Å². The maximum Gasteiger partial charge on any atom is 0.147 e. The van der Waals surface area contributed by atoms with E-state index in [2.05, 4.69) is 77.2 Å². The summed E-state index contributed by atoms with van der Waals surface area (Å²) in [4.78, 5) is 9.75. The average Bonchev–Trinajstić information content (AvgIpc) is 3.84. The van der Waals surface area contributed by atoms with Crippen molar-refractivity contribution >= 4 is 70.0 Å². The van der Waals surface area contributed by atoms with Gasteiger partial charge in [0.1, 0.15) is 22.8 Å². The van der Waals surface area contributed by atoms with E-state index in [1.54, 1.807) is 0 Å². The molecule has 0 spiro atoms. The van der Waals surface area contributed by atoms with Crippen LogP contribution < -0.4 is 4.74 Å². The zero-order chi connectivity index (χ0) is 30.2. The largest absolute Gasteiger partial charge is 0.457 e. The third-order valence-corrected chi connectivity index (χ3v) is 9.81. The van der Waals surface area contributed by atoms with Crippen LogP contribution >= 0.6 is 11.3 Å². The van der Waals surface area contributed by atoms with E-state index >= 15 is 0 Å². The van der Waals surface area contributed by atoms with Gasteiger partial charge in [-0.05, 0) is 84.2 Å².